The van der Waals surface area contributed by atoms with Crippen molar-refractivity contribution in [2.24, 2.45) is 7.05 Å². The Bertz CT molecular complexity index is 598. The van der Waals surface area contributed by atoms with E-state index in [-0.39, 0.29) is 0 Å². The molecule has 2 aromatic rings. The van der Waals surface area contributed by atoms with Gasteiger partial charge in [0.1, 0.15) is 5.75 Å². The summed E-state index contributed by atoms with van der Waals surface area (Å²) in [6.45, 7) is 1.59. The van der Waals surface area contributed by atoms with Crippen molar-refractivity contribution in [3.63, 3.8) is 0 Å². The van der Waals surface area contributed by atoms with Gasteiger partial charge in [0.25, 0.3) is 0 Å². The standard InChI is InChI=1S/C15H16N2O3/c1-17-9-13(8-16-17)15(18)20-14-4-2-11(3-5-14)12-6-7-19-10-12/h2-5,8-9,12H,6-7,10H2,1H3/t12-/m1/s1. The van der Waals surface area contributed by atoms with Gasteiger partial charge in [-0.25, -0.2) is 4.79 Å². The van der Waals surface area contributed by atoms with Crippen LogP contribution in [0.5, 0.6) is 5.75 Å². The van der Waals surface area contributed by atoms with Gasteiger partial charge in [-0.15, -0.1) is 0 Å². The van der Waals surface area contributed by atoms with Crippen molar-refractivity contribution >= 4 is 5.97 Å². The van der Waals surface area contributed by atoms with Crippen LogP contribution in [0.4, 0.5) is 0 Å². The highest BCUT2D eigenvalue weighted by atomic mass is 16.5. The Labute approximate surface area is 117 Å². The van der Waals surface area contributed by atoms with Crippen molar-refractivity contribution in [1.29, 1.82) is 0 Å². The summed E-state index contributed by atoms with van der Waals surface area (Å²) in [5, 5.41) is 3.95. The van der Waals surface area contributed by atoms with Crippen LogP contribution in [0.25, 0.3) is 0 Å². The molecule has 0 spiro atoms. The lowest BCUT2D eigenvalue weighted by Crippen LogP contribution is -2.07. The molecule has 0 amide bonds. The van der Waals surface area contributed by atoms with Crippen LogP contribution in [-0.2, 0) is 11.8 Å². The highest BCUT2D eigenvalue weighted by Crippen LogP contribution is 2.26. The summed E-state index contributed by atoms with van der Waals surface area (Å²) in [5.74, 6) is 0.606. The largest absolute Gasteiger partial charge is 0.423 e. The molecule has 1 aliphatic heterocycles. The minimum absolute atomic E-state index is 0.393. The van der Waals surface area contributed by atoms with Gasteiger partial charge in [-0.3, -0.25) is 4.68 Å². The first kappa shape index (κ1) is 12.9. The summed E-state index contributed by atoms with van der Waals surface area (Å²) in [7, 11) is 1.76. The van der Waals surface area contributed by atoms with Crippen LogP contribution in [0.2, 0.25) is 0 Å². The van der Waals surface area contributed by atoms with Crippen LogP contribution in [-0.4, -0.2) is 29.0 Å². The molecule has 0 saturated carbocycles. The minimum Gasteiger partial charge on any atom is -0.423 e. The van der Waals surface area contributed by atoms with Crippen LogP contribution in [0.1, 0.15) is 28.3 Å². The molecule has 104 valence electrons. The highest BCUT2D eigenvalue weighted by molar-refractivity contribution is 5.90. The van der Waals surface area contributed by atoms with Gasteiger partial charge in [-0.2, -0.15) is 5.10 Å². The van der Waals surface area contributed by atoms with Gasteiger partial charge in [-0.05, 0) is 24.1 Å². The second-order valence-corrected chi connectivity index (χ2v) is 4.92. The fourth-order valence-electron chi connectivity index (χ4n) is 2.30. The van der Waals surface area contributed by atoms with Crippen LogP contribution < -0.4 is 4.74 Å². The zero-order valence-corrected chi connectivity index (χ0v) is 11.3. The van der Waals surface area contributed by atoms with E-state index in [1.165, 1.54) is 11.8 Å². The molecule has 1 saturated heterocycles. The maximum Gasteiger partial charge on any atom is 0.346 e. The topological polar surface area (TPSA) is 53.4 Å². The number of hydrogen-bond acceptors (Lipinski definition) is 4. The lowest BCUT2D eigenvalue weighted by Gasteiger charge is -2.09. The Morgan fingerprint density at radius 2 is 2.20 bits per heavy atom. The first-order valence-corrected chi connectivity index (χ1v) is 6.61. The molecule has 1 aromatic carbocycles. The van der Waals surface area contributed by atoms with Gasteiger partial charge in [0.05, 0.1) is 18.4 Å². The Hall–Kier alpha value is -2.14. The van der Waals surface area contributed by atoms with Crippen molar-refractivity contribution in [3.05, 3.63) is 47.8 Å². The monoisotopic (exact) mass is 272 g/mol. The molecule has 5 nitrogen and oxygen atoms in total. The number of aryl methyl sites for hydroxylation is 1. The first-order chi connectivity index (χ1) is 9.72. The lowest BCUT2D eigenvalue weighted by atomic mass is 9.99. The molecule has 0 radical (unpaired) electrons. The predicted molar refractivity (Wildman–Crippen MR) is 72.8 cm³/mol. The van der Waals surface area contributed by atoms with E-state index in [9.17, 15) is 4.79 Å². The first-order valence-electron chi connectivity index (χ1n) is 6.61. The van der Waals surface area contributed by atoms with E-state index in [0.717, 1.165) is 19.6 Å². The smallest absolute Gasteiger partial charge is 0.346 e. The van der Waals surface area contributed by atoms with Crippen LogP contribution in [0.15, 0.2) is 36.7 Å². The van der Waals surface area contributed by atoms with E-state index in [0.29, 0.717) is 17.2 Å². The molecule has 5 heteroatoms. The third kappa shape index (κ3) is 2.72. The SMILES string of the molecule is Cn1cc(C(=O)Oc2ccc([C@@H]3CCOC3)cc2)cn1. The van der Waals surface area contributed by atoms with Gasteiger partial charge in [0.2, 0.25) is 0 Å². The fraction of sp³-hybridized carbons (Fsp3) is 0.333. The van der Waals surface area contributed by atoms with Gasteiger partial charge in [-0.1, -0.05) is 12.1 Å². The van der Waals surface area contributed by atoms with Crippen LogP contribution >= 0.6 is 0 Å². The normalized spacial score (nSPS) is 18.1. The molecule has 1 fully saturated rings. The van der Waals surface area contributed by atoms with E-state index in [2.05, 4.69) is 5.10 Å². The van der Waals surface area contributed by atoms with Crippen molar-refractivity contribution in [2.75, 3.05) is 13.2 Å². The number of aromatic nitrogens is 2. The number of nitrogens with zero attached hydrogens (tertiary/aromatic N) is 2. The van der Waals surface area contributed by atoms with E-state index in [1.54, 1.807) is 17.9 Å². The molecule has 0 unspecified atom stereocenters. The Kier molecular flexibility index (Phi) is 3.52. The fourth-order valence-corrected chi connectivity index (χ4v) is 2.30. The third-order valence-electron chi connectivity index (χ3n) is 3.43. The summed E-state index contributed by atoms with van der Waals surface area (Å²) in [6.07, 6.45) is 4.17. The molecule has 3 rings (SSSR count). The van der Waals surface area contributed by atoms with Gasteiger partial charge in [0.15, 0.2) is 0 Å². The molecule has 0 bridgehead atoms. The number of hydrogen-bond donors (Lipinski definition) is 0. The molecule has 1 aromatic heterocycles. The predicted octanol–water partition coefficient (Wildman–Crippen LogP) is 2.14. The second kappa shape index (κ2) is 5.46. The number of carbonyl (C=O) groups is 1. The molecule has 0 aliphatic carbocycles. The average Bonchev–Trinajstić information content (AvgIpc) is 3.10. The Morgan fingerprint density at radius 1 is 1.40 bits per heavy atom. The van der Waals surface area contributed by atoms with Gasteiger partial charge in [0, 0.05) is 25.8 Å². The van der Waals surface area contributed by atoms with Crippen molar-refractivity contribution in [3.8, 4) is 5.75 Å². The van der Waals surface area contributed by atoms with Crippen molar-refractivity contribution in [2.45, 2.75) is 12.3 Å². The summed E-state index contributed by atoms with van der Waals surface area (Å²) < 4.78 is 12.2. The minimum atomic E-state index is -0.393. The van der Waals surface area contributed by atoms with Crippen molar-refractivity contribution in [1.82, 2.24) is 9.78 Å². The molecule has 2 heterocycles. The van der Waals surface area contributed by atoms with Gasteiger partial charge < -0.3 is 9.47 Å². The molecular weight excluding hydrogens is 256 g/mol. The molecule has 1 atom stereocenters. The van der Waals surface area contributed by atoms with Gasteiger partial charge >= 0.3 is 5.97 Å². The number of esters is 1. The van der Waals surface area contributed by atoms with E-state index < -0.39 is 5.97 Å². The zero-order chi connectivity index (χ0) is 13.9. The zero-order valence-electron chi connectivity index (χ0n) is 11.3. The average molecular weight is 272 g/mol. The molecule has 1 aliphatic rings. The number of rotatable bonds is 3. The summed E-state index contributed by atoms with van der Waals surface area (Å²) in [4.78, 5) is 11.9. The molecular formula is C15H16N2O3. The van der Waals surface area contributed by atoms with Crippen LogP contribution in [0.3, 0.4) is 0 Å². The van der Waals surface area contributed by atoms with E-state index in [1.807, 2.05) is 24.3 Å². The highest BCUT2D eigenvalue weighted by Gasteiger charge is 2.18. The summed E-state index contributed by atoms with van der Waals surface area (Å²) in [6, 6.07) is 7.63. The molecule has 20 heavy (non-hydrogen) atoms. The third-order valence-corrected chi connectivity index (χ3v) is 3.43. The molecule has 0 N–H and O–H groups in total. The number of benzene rings is 1. The maximum atomic E-state index is 11.9. The summed E-state index contributed by atoms with van der Waals surface area (Å²) >= 11 is 0. The second-order valence-electron chi connectivity index (χ2n) is 4.92. The van der Waals surface area contributed by atoms with E-state index in [4.69, 9.17) is 9.47 Å². The Morgan fingerprint density at radius 3 is 2.80 bits per heavy atom. The lowest BCUT2D eigenvalue weighted by molar-refractivity contribution is 0.0734. The number of ether oxygens (including phenoxy) is 2. The maximum absolute atomic E-state index is 11.9. The summed E-state index contributed by atoms with van der Waals surface area (Å²) in [5.41, 5.74) is 1.67. The Balaban J connectivity index is 1.67. The van der Waals surface area contributed by atoms with E-state index >= 15 is 0 Å². The van der Waals surface area contributed by atoms with Crippen molar-refractivity contribution < 1.29 is 14.3 Å². The number of carbonyl (C=O) groups excluding carboxylic acids is 1. The quantitative estimate of drug-likeness (QED) is 0.634. The van der Waals surface area contributed by atoms with Crippen LogP contribution in [0, 0.1) is 0 Å².